The van der Waals surface area contributed by atoms with Crippen molar-refractivity contribution in [1.82, 2.24) is 4.90 Å². The molecule has 0 aliphatic carbocycles. The Kier molecular flexibility index (Phi) is 3.65. The zero-order valence-corrected chi connectivity index (χ0v) is 11.3. The minimum absolute atomic E-state index is 0.119. The van der Waals surface area contributed by atoms with Crippen molar-refractivity contribution in [1.29, 1.82) is 0 Å². The van der Waals surface area contributed by atoms with Crippen LogP contribution in [0.1, 0.15) is 20.3 Å². The number of carbonyl (C=O) groups is 2. The molecule has 2 aliphatic rings. The average Bonchev–Trinajstić information content (AvgIpc) is 2.79. The summed E-state index contributed by atoms with van der Waals surface area (Å²) in [5, 5.41) is 0.910. The molecule has 2 aliphatic heterocycles. The van der Waals surface area contributed by atoms with Crippen LogP contribution in [-0.2, 0) is 14.3 Å². The molecule has 18 heavy (non-hydrogen) atoms. The molecular formula is C12H16N2O3S. The van der Waals surface area contributed by atoms with Crippen LogP contribution in [0.5, 0.6) is 0 Å². The number of amides is 1. The van der Waals surface area contributed by atoms with Gasteiger partial charge in [-0.3, -0.25) is 4.79 Å². The predicted octanol–water partition coefficient (Wildman–Crippen LogP) is 0.971. The second kappa shape index (κ2) is 5.06. The topological polar surface area (TPSA) is 72.6 Å². The Labute approximate surface area is 110 Å². The van der Waals surface area contributed by atoms with Gasteiger partial charge in [0.05, 0.1) is 16.7 Å². The molecule has 0 aromatic carbocycles. The summed E-state index contributed by atoms with van der Waals surface area (Å²) >= 11 is 1.56. The van der Waals surface area contributed by atoms with Gasteiger partial charge in [-0.2, -0.15) is 0 Å². The van der Waals surface area contributed by atoms with Gasteiger partial charge in [0.15, 0.2) is 0 Å². The second-order valence-electron chi connectivity index (χ2n) is 4.47. The zero-order valence-electron chi connectivity index (χ0n) is 10.4. The number of nitrogens with two attached hydrogens (primary N) is 1. The van der Waals surface area contributed by atoms with Crippen LogP contribution in [0, 0.1) is 0 Å². The number of thioether (sulfide) groups is 1. The molecule has 0 spiro atoms. The van der Waals surface area contributed by atoms with Crippen LogP contribution < -0.4 is 5.73 Å². The third-order valence-electron chi connectivity index (χ3n) is 2.69. The number of primary amides is 1. The second-order valence-corrected chi connectivity index (χ2v) is 5.43. The van der Waals surface area contributed by atoms with E-state index in [4.69, 9.17) is 10.5 Å². The Morgan fingerprint density at radius 1 is 1.50 bits per heavy atom. The number of esters is 1. The molecule has 6 heteroatoms. The van der Waals surface area contributed by atoms with Crippen LogP contribution in [0.3, 0.4) is 0 Å². The molecule has 1 fully saturated rings. The van der Waals surface area contributed by atoms with E-state index in [9.17, 15) is 9.59 Å². The van der Waals surface area contributed by atoms with E-state index in [-0.39, 0.29) is 12.1 Å². The quantitative estimate of drug-likeness (QED) is 0.610. The first-order valence-electron chi connectivity index (χ1n) is 5.83. The van der Waals surface area contributed by atoms with Gasteiger partial charge < -0.3 is 15.4 Å². The molecule has 0 unspecified atom stereocenters. The molecule has 0 atom stereocenters. The number of hydrogen-bond donors (Lipinski definition) is 1. The van der Waals surface area contributed by atoms with E-state index in [1.54, 1.807) is 11.8 Å². The molecule has 0 saturated carbocycles. The van der Waals surface area contributed by atoms with Crippen molar-refractivity contribution >= 4 is 23.6 Å². The van der Waals surface area contributed by atoms with E-state index < -0.39 is 5.91 Å². The summed E-state index contributed by atoms with van der Waals surface area (Å²) in [5.74, 6) is -0.0307. The Morgan fingerprint density at radius 2 is 2.22 bits per heavy atom. The van der Waals surface area contributed by atoms with Crippen LogP contribution >= 0.6 is 11.8 Å². The summed E-state index contributed by atoms with van der Waals surface area (Å²) in [6, 6.07) is 0. The SMILES string of the molecule is CC(C)OC(=O)C1=C2SC/C(=C\C(N)=O)N2CC1. The van der Waals surface area contributed by atoms with Gasteiger partial charge in [-0.05, 0) is 13.8 Å². The van der Waals surface area contributed by atoms with Crippen LogP contribution in [0.25, 0.3) is 0 Å². The van der Waals surface area contributed by atoms with Crippen LogP contribution in [0.2, 0.25) is 0 Å². The number of hydrogen-bond acceptors (Lipinski definition) is 5. The van der Waals surface area contributed by atoms with Crippen molar-refractivity contribution in [3.05, 3.63) is 22.4 Å². The molecular weight excluding hydrogens is 252 g/mol. The molecule has 2 N–H and O–H groups in total. The maximum atomic E-state index is 11.9. The Morgan fingerprint density at radius 3 is 2.83 bits per heavy atom. The van der Waals surface area contributed by atoms with Gasteiger partial charge in [0.1, 0.15) is 0 Å². The monoisotopic (exact) mass is 268 g/mol. The molecule has 0 radical (unpaired) electrons. The molecule has 0 bridgehead atoms. The van der Waals surface area contributed by atoms with E-state index in [1.165, 1.54) is 6.08 Å². The highest BCUT2D eigenvalue weighted by molar-refractivity contribution is 8.03. The first-order chi connectivity index (χ1) is 8.49. The van der Waals surface area contributed by atoms with Crippen molar-refractivity contribution in [3.8, 4) is 0 Å². The van der Waals surface area contributed by atoms with Crippen molar-refractivity contribution < 1.29 is 14.3 Å². The summed E-state index contributed by atoms with van der Waals surface area (Å²) in [6.07, 6.45) is 1.97. The standard InChI is InChI=1S/C12H16N2O3S/c1-7(2)17-12(16)9-3-4-14-8(5-10(13)15)6-18-11(9)14/h5,7H,3-4,6H2,1-2H3,(H2,13,15)/b8-5+. The zero-order chi connectivity index (χ0) is 13.3. The number of fused-ring (bicyclic) bond motifs is 1. The first kappa shape index (κ1) is 13.0. The van der Waals surface area contributed by atoms with E-state index in [0.717, 1.165) is 10.7 Å². The van der Waals surface area contributed by atoms with E-state index >= 15 is 0 Å². The van der Waals surface area contributed by atoms with Gasteiger partial charge >= 0.3 is 5.97 Å². The van der Waals surface area contributed by atoms with Gasteiger partial charge in [-0.1, -0.05) is 0 Å². The summed E-state index contributed by atoms with van der Waals surface area (Å²) < 4.78 is 5.21. The molecule has 0 aromatic rings. The summed E-state index contributed by atoms with van der Waals surface area (Å²) in [6.45, 7) is 4.37. The van der Waals surface area contributed by atoms with E-state index in [1.807, 2.05) is 18.7 Å². The number of carbonyl (C=O) groups excluding carboxylic acids is 2. The molecule has 2 rings (SSSR count). The van der Waals surface area contributed by atoms with Gasteiger partial charge in [-0.15, -0.1) is 11.8 Å². The van der Waals surface area contributed by atoms with Crippen molar-refractivity contribution in [2.75, 3.05) is 12.3 Å². The molecule has 2 heterocycles. The van der Waals surface area contributed by atoms with Crippen LogP contribution in [0.15, 0.2) is 22.4 Å². The van der Waals surface area contributed by atoms with E-state index in [0.29, 0.717) is 24.3 Å². The van der Waals surface area contributed by atoms with Crippen LogP contribution in [-0.4, -0.2) is 35.2 Å². The Hall–Kier alpha value is -1.43. The van der Waals surface area contributed by atoms with Crippen molar-refractivity contribution in [2.24, 2.45) is 5.73 Å². The molecule has 98 valence electrons. The minimum Gasteiger partial charge on any atom is -0.460 e. The summed E-state index contributed by atoms with van der Waals surface area (Å²) in [7, 11) is 0. The molecule has 1 amide bonds. The van der Waals surface area contributed by atoms with Crippen molar-refractivity contribution in [3.63, 3.8) is 0 Å². The van der Waals surface area contributed by atoms with Gasteiger partial charge in [0.25, 0.3) is 0 Å². The molecule has 5 nitrogen and oxygen atoms in total. The Bertz CT molecular complexity index is 454. The maximum absolute atomic E-state index is 11.9. The fourth-order valence-electron chi connectivity index (χ4n) is 2.01. The normalized spacial score (nSPS) is 20.8. The molecule has 1 saturated heterocycles. The van der Waals surface area contributed by atoms with Gasteiger partial charge in [0.2, 0.25) is 5.91 Å². The highest BCUT2D eigenvalue weighted by Crippen LogP contribution is 2.42. The first-order valence-corrected chi connectivity index (χ1v) is 6.82. The maximum Gasteiger partial charge on any atom is 0.336 e. The van der Waals surface area contributed by atoms with Gasteiger partial charge in [-0.25, -0.2) is 4.79 Å². The minimum atomic E-state index is -0.454. The largest absolute Gasteiger partial charge is 0.460 e. The fourth-order valence-corrected chi connectivity index (χ4v) is 3.26. The Balaban J connectivity index is 2.19. The highest BCUT2D eigenvalue weighted by Gasteiger charge is 2.35. The lowest BCUT2D eigenvalue weighted by Crippen LogP contribution is -2.16. The highest BCUT2D eigenvalue weighted by atomic mass is 32.2. The van der Waals surface area contributed by atoms with E-state index in [2.05, 4.69) is 0 Å². The van der Waals surface area contributed by atoms with Gasteiger partial charge in [0, 0.05) is 30.5 Å². The van der Waals surface area contributed by atoms with Crippen molar-refractivity contribution in [2.45, 2.75) is 26.4 Å². The predicted molar refractivity (Wildman–Crippen MR) is 69.3 cm³/mol. The summed E-state index contributed by atoms with van der Waals surface area (Å²) in [4.78, 5) is 24.8. The fraction of sp³-hybridized carbons (Fsp3) is 0.500. The summed E-state index contributed by atoms with van der Waals surface area (Å²) in [5.41, 5.74) is 6.74. The number of rotatable bonds is 3. The third-order valence-corrected chi connectivity index (χ3v) is 3.87. The smallest absolute Gasteiger partial charge is 0.336 e. The average molecular weight is 268 g/mol. The van der Waals surface area contributed by atoms with Crippen LogP contribution in [0.4, 0.5) is 0 Å². The molecule has 0 aromatic heterocycles. The lowest BCUT2D eigenvalue weighted by atomic mass is 10.2. The third kappa shape index (κ3) is 2.53. The lowest BCUT2D eigenvalue weighted by molar-refractivity contribution is -0.142. The number of nitrogens with zero attached hydrogens (tertiary/aromatic N) is 1. The lowest BCUT2D eigenvalue weighted by Gasteiger charge is -2.13. The number of ether oxygens (including phenoxy) is 1.